The van der Waals surface area contributed by atoms with Gasteiger partial charge in [0.25, 0.3) is 5.56 Å². The summed E-state index contributed by atoms with van der Waals surface area (Å²) in [5.41, 5.74) is -0.329. The summed E-state index contributed by atoms with van der Waals surface area (Å²) in [6, 6.07) is 7.09. The number of rotatable bonds is 7. The molecule has 0 saturated carbocycles. The van der Waals surface area contributed by atoms with Crippen LogP contribution in [0.2, 0.25) is 0 Å². The van der Waals surface area contributed by atoms with Crippen molar-refractivity contribution in [1.82, 2.24) is 19.6 Å². The van der Waals surface area contributed by atoms with Crippen molar-refractivity contribution in [2.75, 3.05) is 33.7 Å². The molecule has 158 valence electrons. The second kappa shape index (κ2) is 9.17. The fraction of sp³-hybridized carbons (Fsp3) is 0.524. The third kappa shape index (κ3) is 6.39. The number of aryl methyl sites for hydroxylation is 1. The van der Waals surface area contributed by atoms with Crippen LogP contribution in [-0.4, -0.2) is 70.8 Å². The van der Waals surface area contributed by atoms with Gasteiger partial charge in [0.2, 0.25) is 5.91 Å². The number of likely N-dealkylation sites (N-methyl/N-ethyl adjacent to an activating group) is 1. The first kappa shape index (κ1) is 22.5. The zero-order valence-electron chi connectivity index (χ0n) is 18.1. The summed E-state index contributed by atoms with van der Waals surface area (Å²) in [5.74, 6) is -0.697. The third-order valence-corrected chi connectivity index (χ3v) is 4.26. The van der Waals surface area contributed by atoms with E-state index in [-0.39, 0.29) is 24.4 Å². The fourth-order valence-electron chi connectivity index (χ4n) is 2.90. The van der Waals surface area contributed by atoms with E-state index in [9.17, 15) is 14.4 Å². The van der Waals surface area contributed by atoms with Gasteiger partial charge in [-0.2, -0.15) is 5.10 Å². The number of hydrogen-bond acceptors (Lipinski definition) is 6. The summed E-state index contributed by atoms with van der Waals surface area (Å²) in [6.45, 7) is 6.23. The number of amides is 1. The van der Waals surface area contributed by atoms with Gasteiger partial charge in [-0.25, -0.2) is 4.68 Å². The van der Waals surface area contributed by atoms with Gasteiger partial charge in [0, 0.05) is 25.5 Å². The van der Waals surface area contributed by atoms with E-state index in [1.165, 1.54) is 9.58 Å². The molecule has 1 amide bonds. The van der Waals surface area contributed by atoms with Gasteiger partial charge in [-0.3, -0.25) is 14.4 Å². The lowest BCUT2D eigenvalue weighted by Crippen LogP contribution is -2.42. The predicted octanol–water partition coefficient (Wildman–Crippen LogP) is 1.21. The first-order chi connectivity index (χ1) is 13.5. The van der Waals surface area contributed by atoms with E-state index in [0.717, 1.165) is 0 Å². The van der Waals surface area contributed by atoms with E-state index in [1.54, 1.807) is 46.0 Å². The number of nitrogens with zero attached hydrogens (tertiary/aromatic N) is 4. The van der Waals surface area contributed by atoms with Crippen LogP contribution < -0.4 is 5.56 Å². The lowest BCUT2D eigenvalue weighted by molar-refractivity contribution is -0.158. The Morgan fingerprint density at radius 2 is 1.72 bits per heavy atom. The number of fused-ring (bicyclic) bond motifs is 1. The largest absolute Gasteiger partial charge is 0.459 e. The number of hydrogen-bond donors (Lipinski definition) is 0. The molecule has 2 aromatic rings. The van der Waals surface area contributed by atoms with Crippen LogP contribution in [0.4, 0.5) is 0 Å². The van der Waals surface area contributed by atoms with Crippen LogP contribution in [0.3, 0.4) is 0 Å². The normalized spacial score (nSPS) is 11.7. The molecule has 0 atom stereocenters. The molecule has 0 bridgehead atoms. The summed E-state index contributed by atoms with van der Waals surface area (Å²) in [7, 11) is 5.36. The molecule has 8 nitrogen and oxygen atoms in total. The lowest BCUT2D eigenvalue weighted by Gasteiger charge is -2.26. The highest BCUT2D eigenvalue weighted by molar-refractivity contribution is 5.89. The van der Waals surface area contributed by atoms with Crippen molar-refractivity contribution in [2.24, 2.45) is 7.05 Å². The molecule has 2 rings (SSSR count). The minimum absolute atomic E-state index is 0.00907. The van der Waals surface area contributed by atoms with Crippen molar-refractivity contribution >= 4 is 22.6 Å². The van der Waals surface area contributed by atoms with Crippen LogP contribution in [0.25, 0.3) is 10.8 Å². The minimum atomic E-state index is -0.622. The lowest BCUT2D eigenvalue weighted by atomic mass is 10.1. The number of aromatic nitrogens is 2. The van der Waals surface area contributed by atoms with Gasteiger partial charge in [-0.15, -0.1) is 0 Å². The van der Waals surface area contributed by atoms with E-state index in [2.05, 4.69) is 5.10 Å². The monoisotopic (exact) mass is 402 g/mol. The molecule has 0 aliphatic carbocycles. The van der Waals surface area contributed by atoms with Gasteiger partial charge in [-0.05, 0) is 40.9 Å². The molecular formula is C21H30N4O4. The van der Waals surface area contributed by atoms with E-state index in [0.29, 0.717) is 29.6 Å². The number of carbonyl (C=O) groups is 2. The van der Waals surface area contributed by atoms with E-state index in [4.69, 9.17) is 4.74 Å². The maximum atomic E-state index is 13.0. The van der Waals surface area contributed by atoms with Crippen molar-refractivity contribution in [3.63, 3.8) is 0 Å². The predicted molar refractivity (Wildman–Crippen MR) is 112 cm³/mol. The van der Waals surface area contributed by atoms with Gasteiger partial charge >= 0.3 is 5.97 Å². The molecule has 0 aliphatic heterocycles. The van der Waals surface area contributed by atoms with E-state index in [1.807, 2.05) is 25.1 Å². The standard InChI is InChI=1S/C21H30N4O4/c1-21(2,3)29-19(27)14-25(12-11-23(4)5)18(26)13-17-15-9-7-8-10-16(15)20(28)24(6)22-17/h7-10H,11-14H2,1-6H3. The first-order valence-electron chi connectivity index (χ1n) is 9.57. The molecule has 0 N–H and O–H groups in total. The number of benzene rings is 1. The third-order valence-electron chi connectivity index (χ3n) is 4.26. The highest BCUT2D eigenvalue weighted by Crippen LogP contribution is 2.15. The zero-order chi connectivity index (χ0) is 21.8. The molecule has 0 saturated heterocycles. The molecule has 1 heterocycles. The highest BCUT2D eigenvalue weighted by atomic mass is 16.6. The Morgan fingerprint density at radius 1 is 1.10 bits per heavy atom. The van der Waals surface area contributed by atoms with Crippen LogP contribution in [0.5, 0.6) is 0 Å². The molecule has 1 aromatic carbocycles. The Balaban J connectivity index is 2.27. The van der Waals surface area contributed by atoms with Crippen molar-refractivity contribution in [2.45, 2.75) is 32.8 Å². The Labute approximate surface area is 171 Å². The number of ether oxygens (including phenoxy) is 1. The van der Waals surface area contributed by atoms with Crippen molar-refractivity contribution in [3.8, 4) is 0 Å². The summed E-state index contributed by atoms with van der Waals surface area (Å²) in [5, 5.41) is 5.45. The Morgan fingerprint density at radius 3 is 2.31 bits per heavy atom. The summed E-state index contributed by atoms with van der Waals surface area (Å²) >= 11 is 0. The van der Waals surface area contributed by atoms with Crippen molar-refractivity contribution in [3.05, 3.63) is 40.3 Å². The second-order valence-electron chi connectivity index (χ2n) is 8.30. The Kier molecular flexibility index (Phi) is 7.13. The number of esters is 1. The van der Waals surface area contributed by atoms with Gasteiger partial charge in [0.05, 0.1) is 17.5 Å². The SMILES string of the molecule is CN(C)CCN(CC(=O)OC(C)(C)C)C(=O)Cc1nn(C)c(=O)c2ccccc12. The molecule has 0 radical (unpaired) electrons. The average molecular weight is 402 g/mol. The Hall–Kier alpha value is -2.74. The highest BCUT2D eigenvalue weighted by Gasteiger charge is 2.23. The first-order valence-corrected chi connectivity index (χ1v) is 9.57. The average Bonchev–Trinajstić information content (AvgIpc) is 2.61. The fourth-order valence-corrected chi connectivity index (χ4v) is 2.90. The quantitative estimate of drug-likeness (QED) is 0.647. The van der Waals surface area contributed by atoms with E-state index >= 15 is 0 Å². The topological polar surface area (TPSA) is 84.7 Å². The molecular weight excluding hydrogens is 372 g/mol. The Bertz CT molecular complexity index is 944. The summed E-state index contributed by atoms with van der Waals surface area (Å²) < 4.78 is 6.61. The van der Waals surface area contributed by atoms with Crippen molar-refractivity contribution in [1.29, 1.82) is 0 Å². The van der Waals surface area contributed by atoms with Crippen LogP contribution in [0, 0.1) is 0 Å². The van der Waals surface area contributed by atoms with E-state index < -0.39 is 11.6 Å². The van der Waals surface area contributed by atoms with Crippen LogP contribution >= 0.6 is 0 Å². The molecule has 1 aromatic heterocycles. The summed E-state index contributed by atoms with van der Waals surface area (Å²) in [4.78, 5) is 41.0. The van der Waals surface area contributed by atoms with Crippen LogP contribution in [0.15, 0.2) is 29.1 Å². The van der Waals surface area contributed by atoms with Gasteiger partial charge in [-0.1, -0.05) is 18.2 Å². The van der Waals surface area contributed by atoms with Gasteiger partial charge in [0.1, 0.15) is 12.1 Å². The number of carbonyl (C=O) groups excluding carboxylic acids is 2. The smallest absolute Gasteiger partial charge is 0.326 e. The second-order valence-corrected chi connectivity index (χ2v) is 8.30. The summed E-state index contributed by atoms with van der Waals surface area (Å²) in [6.07, 6.45) is -0.00907. The maximum Gasteiger partial charge on any atom is 0.326 e. The minimum Gasteiger partial charge on any atom is -0.459 e. The molecule has 8 heteroatoms. The maximum absolute atomic E-state index is 13.0. The molecule has 0 aliphatic rings. The van der Waals surface area contributed by atoms with Crippen molar-refractivity contribution < 1.29 is 14.3 Å². The van der Waals surface area contributed by atoms with Crippen LogP contribution in [0.1, 0.15) is 26.5 Å². The molecule has 29 heavy (non-hydrogen) atoms. The van der Waals surface area contributed by atoms with Crippen LogP contribution in [-0.2, 0) is 27.8 Å². The van der Waals surface area contributed by atoms with Gasteiger partial charge in [0.15, 0.2) is 0 Å². The van der Waals surface area contributed by atoms with Gasteiger partial charge < -0.3 is 14.5 Å². The zero-order valence-corrected chi connectivity index (χ0v) is 18.1. The molecule has 0 unspecified atom stereocenters. The molecule has 0 spiro atoms. The molecule has 0 fully saturated rings.